The number of alkyl halides is 3. The lowest BCUT2D eigenvalue weighted by Crippen LogP contribution is -2.10. The van der Waals surface area contributed by atoms with Crippen molar-refractivity contribution in [3.8, 4) is 17.3 Å². The van der Waals surface area contributed by atoms with Gasteiger partial charge in [-0.3, -0.25) is 0 Å². The van der Waals surface area contributed by atoms with Crippen LogP contribution in [0.4, 0.5) is 19.1 Å². The van der Waals surface area contributed by atoms with Crippen molar-refractivity contribution in [2.45, 2.75) is 25.1 Å². The number of nitrogens with two attached hydrogens (primary N) is 2. The molecule has 6 nitrogen and oxygen atoms in total. The van der Waals surface area contributed by atoms with E-state index in [1.165, 1.54) is 23.4 Å². The first-order valence-corrected chi connectivity index (χ1v) is 9.82. The highest BCUT2D eigenvalue weighted by molar-refractivity contribution is 5.96. The maximum absolute atomic E-state index is 13.1. The van der Waals surface area contributed by atoms with Crippen molar-refractivity contribution in [2.75, 3.05) is 5.73 Å². The molecule has 0 aliphatic heterocycles. The first-order chi connectivity index (χ1) is 15.3. The van der Waals surface area contributed by atoms with Gasteiger partial charge in [0.15, 0.2) is 0 Å². The lowest BCUT2D eigenvalue weighted by molar-refractivity contribution is -0.137. The van der Waals surface area contributed by atoms with Gasteiger partial charge in [-0.2, -0.15) is 18.4 Å². The second-order valence-corrected chi connectivity index (χ2v) is 7.41. The molecule has 1 unspecified atom stereocenters. The lowest BCUT2D eigenvalue weighted by Gasteiger charge is -2.11. The molecule has 5 N–H and O–H groups in total. The van der Waals surface area contributed by atoms with Crippen LogP contribution in [-0.2, 0) is 12.6 Å². The second-order valence-electron chi connectivity index (χ2n) is 7.41. The Balaban J connectivity index is 0.000000203. The fourth-order valence-corrected chi connectivity index (χ4v) is 3.79. The van der Waals surface area contributed by atoms with Crippen LogP contribution < -0.4 is 11.5 Å². The summed E-state index contributed by atoms with van der Waals surface area (Å²) >= 11 is 0. The fraction of sp³-hybridized carbons (Fsp3) is 0.174. The summed E-state index contributed by atoms with van der Waals surface area (Å²) in [6, 6.07) is 15.4. The van der Waals surface area contributed by atoms with Crippen molar-refractivity contribution in [3.63, 3.8) is 0 Å². The van der Waals surface area contributed by atoms with Crippen LogP contribution in [-0.4, -0.2) is 15.0 Å². The smallest absolute Gasteiger partial charge is 0.368 e. The number of fused-ring (bicyclic) bond motifs is 2. The van der Waals surface area contributed by atoms with E-state index in [0.717, 1.165) is 12.8 Å². The standard InChI is InChI=1S/C14H8F3N5.C9H11N/c15-14(16,17)10-6-21-13(19)22-12(10)9-5-20-11-3-7(4-18)1-2-8(9)11;10-9-6-5-7-3-1-2-4-8(7)9/h1-3,5-6,20H,(H2,19,21,22);1-4,9H,5-6,10H2. The summed E-state index contributed by atoms with van der Waals surface area (Å²) in [5, 5.41) is 9.37. The number of hydrogen-bond acceptors (Lipinski definition) is 5. The predicted molar refractivity (Wildman–Crippen MR) is 115 cm³/mol. The average molecular weight is 436 g/mol. The maximum atomic E-state index is 13.1. The maximum Gasteiger partial charge on any atom is 0.419 e. The number of H-pyrrole nitrogens is 1. The first-order valence-electron chi connectivity index (χ1n) is 9.82. The van der Waals surface area contributed by atoms with Crippen molar-refractivity contribution in [3.05, 3.63) is 77.1 Å². The van der Waals surface area contributed by atoms with Crippen LogP contribution in [0.5, 0.6) is 0 Å². The fourth-order valence-electron chi connectivity index (χ4n) is 3.79. The van der Waals surface area contributed by atoms with Gasteiger partial charge in [0.05, 0.1) is 17.3 Å². The quantitative estimate of drug-likeness (QED) is 0.399. The van der Waals surface area contributed by atoms with E-state index in [-0.39, 0.29) is 17.2 Å². The number of halogens is 3. The predicted octanol–water partition coefficient (Wildman–Crippen LogP) is 4.73. The molecule has 4 aromatic rings. The molecule has 2 heterocycles. The highest BCUT2D eigenvalue weighted by atomic mass is 19.4. The van der Waals surface area contributed by atoms with Crippen molar-refractivity contribution >= 4 is 16.9 Å². The van der Waals surface area contributed by atoms with Crippen molar-refractivity contribution < 1.29 is 13.2 Å². The third kappa shape index (κ3) is 4.13. The SMILES string of the molecule is N#Cc1ccc2c(-c3nc(N)ncc3C(F)(F)F)c[nH]c2c1.NC1CCc2ccccc21. The van der Waals surface area contributed by atoms with Gasteiger partial charge >= 0.3 is 6.18 Å². The lowest BCUT2D eigenvalue weighted by atomic mass is 10.0. The average Bonchev–Trinajstić information content (AvgIpc) is 3.36. The largest absolute Gasteiger partial charge is 0.419 e. The topological polar surface area (TPSA) is 117 Å². The highest BCUT2D eigenvalue weighted by Crippen LogP contribution is 2.38. The Morgan fingerprint density at radius 2 is 1.94 bits per heavy atom. The van der Waals surface area contributed by atoms with E-state index >= 15 is 0 Å². The molecule has 9 heteroatoms. The number of anilines is 1. The minimum Gasteiger partial charge on any atom is -0.368 e. The number of aromatic amines is 1. The Labute approximate surface area is 181 Å². The van der Waals surface area contributed by atoms with Crippen LogP contribution in [0.25, 0.3) is 22.2 Å². The van der Waals surface area contributed by atoms with Gasteiger partial charge in [0, 0.05) is 34.9 Å². The molecule has 0 amide bonds. The summed E-state index contributed by atoms with van der Waals surface area (Å²) in [7, 11) is 0. The van der Waals surface area contributed by atoms with Gasteiger partial charge < -0.3 is 16.5 Å². The van der Waals surface area contributed by atoms with E-state index in [0.29, 0.717) is 28.7 Å². The number of nitrogen functional groups attached to an aromatic ring is 1. The molecule has 2 aromatic carbocycles. The van der Waals surface area contributed by atoms with Crippen LogP contribution in [0.15, 0.2) is 54.9 Å². The Bertz CT molecular complexity index is 1320. The molecule has 0 radical (unpaired) electrons. The van der Waals surface area contributed by atoms with Gasteiger partial charge in [0.1, 0.15) is 5.56 Å². The molecule has 1 aliphatic rings. The molecule has 32 heavy (non-hydrogen) atoms. The van der Waals surface area contributed by atoms with Crippen LogP contribution in [0.2, 0.25) is 0 Å². The molecule has 0 bridgehead atoms. The first kappa shape index (κ1) is 21.3. The molecule has 162 valence electrons. The van der Waals surface area contributed by atoms with E-state index < -0.39 is 11.7 Å². The van der Waals surface area contributed by atoms with Gasteiger partial charge in [-0.05, 0) is 36.1 Å². The van der Waals surface area contributed by atoms with Gasteiger partial charge in [-0.1, -0.05) is 30.3 Å². The van der Waals surface area contributed by atoms with E-state index in [9.17, 15) is 13.2 Å². The molecule has 0 saturated heterocycles. The number of hydrogen-bond donors (Lipinski definition) is 3. The third-order valence-electron chi connectivity index (χ3n) is 5.36. The third-order valence-corrected chi connectivity index (χ3v) is 5.36. The Morgan fingerprint density at radius 1 is 1.16 bits per heavy atom. The summed E-state index contributed by atoms with van der Waals surface area (Å²) < 4.78 is 39.4. The summed E-state index contributed by atoms with van der Waals surface area (Å²) in [6.45, 7) is 0. The molecule has 0 saturated carbocycles. The van der Waals surface area contributed by atoms with Crippen LogP contribution in [0, 0.1) is 11.3 Å². The van der Waals surface area contributed by atoms with Gasteiger partial charge in [-0.15, -0.1) is 0 Å². The highest BCUT2D eigenvalue weighted by Gasteiger charge is 2.36. The van der Waals surface area contributed by atoms with Crippen molar-refractivity contribution in [1.29, 1.82) is 5.26 Å². The summed E-state index contributed by atoms with van der Waals surface area (Å²) in [5.74, 6) is -0.244. The number of nitriles is 1. The molecule has 1 atom stereocenters. The minimum atomic E-state index is -4.60. The van der Waals surface area contributed by atoms with Gasteiger partial charge in [0.25, 0.3) is 0 Å². The van der Waals surface area contributed by atoms with Gasteiger partial charge in [-0.25, -0.2) is 9.97 Å². The van der Waals surface area contributed by atoms with E-state index in [2.05, 4.69) is 39.2 Å². The zero-order chi connectivity index (χ0) is 22.9. The second kappa shape index (κ2) is 8.32. The van der Waals surface area contributed by atoms with Crippen LogP contribution >= 0.6 is 0 Å². The van der Waals surface area contributed by atoms with Crippen LogP contribution in [0.3, 0.4) is 0 Å². The van der Waals surface area contributed by atoms with Crippen molar-refractivity contribution in [1.82, 2.24) is 15.0 Å². The zero-order valence-electron chi connectivity index (χ0n) is 16.8. The molecule has 2 aromatic heterocycles. The van der Waals surface area contributed by atoms with Crippen molar-refractivity contribution in [2.24, 2.45) is 5.73 Å². The molecule has 0 spiro atoms. The Kier molecular flexibility index (Phi) is 5.55. The Morgan fingerprint density at radius 3 is 2.66 bits per heavy atom. The number of aryl methyl sites for hydroxylation is 1. The van der Waals surface area contributed by atoms with Gasteiger partial charge in [0.2, 0.25) is 5.95 Å². The monoisotopic (exact) mass is 436 g/mol. The summed E-state index contributed by atoms with van der Waals surface area (Å²) in [5.41, 5.74) is 14.0. The number of nitrogens with zero attached hydrogens (tertiary/aromatic N) is 3. The summed E-state index contributed by atoms with van der Waals surface area (Å²) in [4.78, 5) is 9.99. The minimum absolute atomic E-state index is 0.244. The summed E-state index contributed by atoms with van der Waals surface area (Å²) in [6.07, 6.45) is -0.237. The normalized spacial score (nSPS) is 15.0. The van der Waals surface area contributed by atoms with Crippen LogP contribution in [0.1, 0.15) is 34.7 Å². The number of nitrogens with one attached hydrogen (secondary N) is 1. The number of rotatable bonds is 1. The molecular formula is C23H19F3N6. The number of aromatic nitrogens is 3. The Hall–Kier alpha value is -3.90. The van der Waals surface area contributed by atoms with E-state index in [1.54, 1.807) is 12.1 Å². The van der Waals surface area contributed by atoms with E-state index in [1.807, 2.05) is 6.07 Å². The molecular weight excluding hydrogens is 417 g/mol. The number of benzene rings is 2. The zero-order valence-corrected chi connectivity index (χ0v) is 16.8. The molecule has 1 aliphatic carbocycles. The molecule has 5 rings (SSSR count). The molecule has 0 fully saturated rings. The van der Waals surface area contributed by atoms with E-state index in [4.69, 9.17) is 16.7 Å².